The van der Waals surface area contributed by atoms with E-state index in [0.717, 1.165) is 11.3 Å². The molecule has 4 nitrogen and oxygen atoms in total. The number of rotatable bonds is 4. The molecule has 16 heavy (non-hydrogen) atoms. The molecular weight excluding hydrogens is 226 g/mol. The molecule has 1 aromatic heterocycles. The van der Waals surface area contributed by atoms with Crippen LogP contribution in [0.4, 0.5) is 0 Å². The maximum Gasteiger partial charge on any atom is 0.339 e. The maximum absolute atomic E-state index is 11.5. The summed E-state index contributed by atoms with van der Waals surface area (Å²) in [6.45, 7) is 3.43. The van der Waals surface area contributed by atoms with Gasteiger partial charge in [-0.1, -0.05) is 0 Å². The quantitative estimate of drug-likeness (QED) is 0.750. The van der Waals surface area contributed by atoms with E-state index in [1.807, 2.05) is 6.07 Å². The number of Topliss-reactive ketones (excluding diaryl/α,β-unsaturated/α-hetero) is 1. The van der Waals surface area contributed by atoms with E-state index in [0.29, 0.717) is 15.3 Å². The van der Waals surface area contributed by atoms with Gasteiger partial charge in [0.05, 0.1) is 12.2 Å². The number of esters is 1. The molecule has 0 N–H and O–H groups in total. The minimum Gasteiger partial charge on any atom is -0.462 e. The van der Waals surface area contributed by atoms with Gasteiger partial charge in [0.15, 0.2) is 0 Å². The Bertz CT molecular complexity index is 456. The number of carbonyl (C=O) groups excluding carboxylic acids is 2. The van der Waals surface area contributed by atoms with Crippen LogP contribution in [0, 0.1) is 11.3 Å². The molecule has 0 spiro atoms. The van der Waals surface area contributed by atoms with Gasteiger partial charge in [0.2, 0.25) is 0 Å². The fourth-order valence-corrected chi connectivity index (χ4v) is 2.24. The predicted octanol–water partition coefficient (Wildman–Crippen LogP) is 1.93. The van der Waals surface area contributed by atoms with E-state index in [4.69, 9.17) is 10.00 Å². The van der Waals surface area contributed by atoms with Crippen LogP contribution in [-0.4, -0.2) is 18.4 Å². The summed E-state index contributed by atoms with van der Waals surface area (Å²) in [5, 5.41) is 8.74. The molecule has 0 saturated heterocycles. The molecule has 1 heterocycles. The van der Waals surface area contributed by atoms with Crippen molar-refractivity contribution in [2.75, 3.05) is 6.61 Å². The first kappa shape index (κ1) is 12.4. The number of nitrogens with zero attached hydrogens (tertiary/aromatic N) is 1. The van der Waals surface area contributed by atoms with Crippen LogP contribution < -0.4 is 0 Å². The lowest BCUT2D eigenvalue weighted by Gasteiger charge is -2.01. The van der Waals surface area contributed by atoms with E-state index >= 15 is 0 Å². The molecule has 1 rings (SSSR count). The Morgan fingerprint density at radius 1 is 1.56 bits per heavy atom. The molecular formula is C11H11NO3S. The molecule has 0 aromatic carbocycles. The molecule has 0 aliphatic carbocycles. The summed E-state index contributed by atoms with van der Waals surface area (Å²) in [5.74, 6) is -0.520. The van der Waals surface area contributed by atoms with Gasteiger partial charge in [-0.3, -0.25) is 4.79 Å². The van der Waals surface area contributed by atoms with Crippen LogP contribution in [0.2, 0.25) is 0 Å². The molecule has 0 atom stereocenters. The summed E-state index contributed by atoms with van der Waals surface area (Å²) < 4.78 is 4.86. The molecule has 5 heteroatoms. The van der Waals surface area contributed by atoms with E-state index in [-0.39, 0.29) is 18.8 Å². The number of hydrogen-bond donors (Lipinski definition) is 0. The second kappa shape index (κ2) is 5.42. The standard InChI is InChI=1S/C11H11NO3S/c1-3-15-11(14)9-5-8(6-12)16-10(9)4-7(2)13/h5H,3-4H2,1-2H3. The van der Waals surface area contributed by atoms with Gasteiger partial charge in [0.25, 0.3) is 0 Å². The first-order valence-electron chi connectivity index (χ1n) is 4.77. The smallest absolute Gasteiger partial charge is 0.339 e. The highest BCUT2D eigenvalue weighted by Crippen LogP contribution is 2.23. The van der Waals surface area contributed by atoms with Gasteiger partial charge in [-0.05, 0) is 19.9 Å². The average molecular weight is 237 g/mol. The first-order valence-corrected chi connectivity index (χ1v) is 5.59. The van der Waals surface area contributed by atoms with Gasteiger partial charge in [-0.2, -0.15) is 5.26 Å². The van der Waals surface area contributed by atoms with E-state index in [9.17, 15) is 9.59 Å². The molecule has 0 amide bonds. The lowest BCUT2D eigenvalue weighted by molar-refractivity contribution is -0.116. The summed E-state index contributed by atoms with van der Waals surface area (Å²) in [5.41, 5.74) is 0.332. The van der Waals surface area contributed by atoms with Crippen molar-refractivity contribution in [1.29, 1.82) is 5.26 Å². The fraction of sp³-hybridized carbons (Fsp3) is 0.364. The molecule has 0 saturated carbocycles. The Labute approximate surface area is 97.5 Å². The third-order valence-corrected chi connectivity index (χ3v) is 2.86. The number of carbonyl (C=O) groups is 2. The number of nitriles is 1. The number of thiophene rings is 1. The van der Waals surface area contributed by atoms with Crippen molar-refractivity contribution >= 4 is 23.1 Å². The van der Waals surface area contributed by atoms with Crippen LogP contribution in [0.1, 0.15) is 34.0 Å². The lowest BCUT2D eigenvalue weighted by atomic mass is 10.1. The number of ketones is 1. The fourth-order valence-electron chi connectivity index (χ4n) is 1.22. The van der Waals surface area contributed by atoms with Crippen molar-refractivity contribution in [2.24, 2.45) is 0 Å². The molecule has 0 radical (unpaired) electrons. The summed E-state index contributed by atoms with van der Waals surface area (Å²) in [6, 6.07) is 3.43. The minimum absolute atomic E-state index is 0.0445. The van der Waals surface area contributed by atoms with Crippen molar-refractivity contribution in [3.05, 3.63) is 21.4 Å². The second-order valence-electron chi connectivity index (χ2n) is 3.16. The van der Waals surface area contributed by atoms with Crippen molar-refractivity contribution in [2.45, 2.75) is 20.3 Å². The van der Waals surface area contributed by atoms with Gasteiger partial charge in [-0.15, -0.1) is 11.3 Å². The largest absolute Gasteiger partial charge is 0.462 e. The SMILES string of the molecule is CCOC(=O)c1cc(C#N)sc1CC(C)=O. The second-order valence-corrected chi connectivity index (χ2v) is 4.30. The van der Waals surface area contributed by atoms with E-state index in [1.165, 1.54) is 13.0 Å². The minimum atomic E-state index is -0.475. The summed E-state index contributed by atoms with van der Waals surface area (Å²) in [7, 11) is 0. The first-order chi connectivity index (χ1) is 7.58. The van der Waals surface area contributed by atoms with Crippen LogP contribution >= 0.6 is 11.3 Å². The molecule has 84 valence electrons. The summed E-state index contributed by atoms with van der Waals surface area (Å²) in [6.07, 6.45) is 0.167. The van der Waals surface area contributed by atoms with E-state index in [2.05, 4.69) is 0 Å². The monoisotopic (exact) mass is 237 g/mol. The van der Waals surface area contributed by atoms with E-state index < -0.39 is 5.97 Å². The molecule has 0 unspecified atom stereocenters. The van der Waals surface area contributed by atoms with Gasteiger partial charge in [-0.25, -0.2) is 4.79 Å². The highest BCUT2D eigenvalue weighted by molar-refractivity contribution is 7.13. The van der Waals surface area contributed by atoms with Crippen molar-refractivity contribution in [3.63, 3.8) is 0 Å². The highest BCUT2D eigenvalue weighted by Gasteiger charge is 2.17. The predicted molar refractivity (Wildman–Crippen MR) is 59.4 cm³/mol. The van der Waals surface area contributed by atoms with Gasteiger partial charge >= 0.3 is 5.97 Å². The topological polar surface area (TPSA) is 67.2 Å². The molecule has 0 fully saturated rings. The molecule has 0 bridgehead atoms. The van der Waals surface area contributed by atoms with Gasteiger partial charge in [0, 0.05) is 11.3 Å². The zero-order valence-electron chi connectivity index (χ0n) is 9.07. The summed E-state index contributed by atoms with van der Waals surface area (Å²) >= 11 is 1.16. The van der Waals surface area contributed by atoms with Crippen LogP contribution in [0.15, 0.2) is 6.07 Å². The number of hydrogen-bond acceptors (Lipinski definition) is 5. The third-order valence-electron chi connectivity index (χ3n) is 1.82. The van der Waals surface area contributed by atoms with Crippen molar-refractivity contribution in [1.82, 2.24) is 0 Å². The van der Waals surface area contributed by atoms with E-state index in [1.54, 1.807) is 6.92 Å². The third kappa shape index (κ3) is 2.91. The van der Waals surface area contributed by atoms with Crippen LogP contribution in [0.3, 0.4) is 0 Å². The average Bonchev–Trinajstić information content (AvgIpc) is 2.60. The Hall–Kier alpha value is -1.67. The van der Waals surface area contributed by atoms with Crippen molar-refractivity contribution < 1.29 is 14.3 Å². The Kier molecular flexibility index (Phi) is 4.20. The van der Waals surface area contributed by atoms with Crippen LogP contribution in [0.25, 0.3) is 0 Å². The zero-order valence-corrected chi connectivity index (χ0v) is 9.89. The van der Waals surface area contributed by atoms with Gasteiger partial charge < -0.3 is 4.74 Å². The summed E-state index contributed by atoms with van der Waals surface area (Å²) in [4.78, 5) is 23.6. The normalized spacial score (nSPS) is 9.56. The zero-order chi connectivity index (χ0) is 12.1. The molecule has 1 aromatic rings. The molecule has 0 aliphatic rings. The van der Waals surface area contributed by atoms with Gasteiger partial charge in [0.1, 0.15) is 16.7 Å². The van der Waals surface area contributed by atoms with Crippen LogP contribution in [0.5, 0.6) is 0 Å². The van der Waals surface area contributed by atoms with Crippen LogP contribution in [-0.2, 0) is 16.0 Å². The Morgan fingerprint density at radius 2 is 2.25 bits per heavy atom. The highest BCUT2D eigenvalue weighted by atomic mass is 32.1. The molecule has 0 aliphatic heterocycles. The maximum atomic E-state index is 11.5. The van der Waals surface area contributed by atoms with Crippen molar-refractivity contribution in [3.8, 4) is 6.07 Å². The Balaban J connectivity index is 3.05. The number of ether oxygens (including phenoxy) is 1. The Morgan fingerprint density at radius 3 is 2.75 bits per heavy atom. The lowest BCUT2D eigenvalue weighted by Crippen LogP contribution is -2.07.